The molecule has 92 valence electrons. The maximum atomic E-state index is 5.99. The molecule has 0 atom stereocenters. The van der Waals surface area contributed by atoms with Crippen molar-refractivity contribution in [2.24, 2.45) is 0 Å². The number of para-hydroxylation sites is 1. The van der Waals surface area contributed by atoms with E-state index >= 15 is 0 Å². The highest BCUT2D eigenvalue weighted by Gasteiger charge is 2.15. The van der Waals surface area contributed by atoms with E-state index in [1.54, 1.807) is 10.7 Å². The molecule has 0 unspecified atom stereocenters. The molecule has 0 radical (unpaired) electrons. The molecule has 3 heterocycles. The average Bonchev–Trinajstić information content (AvgIpc) is 3.07. The summed E-state index contributed by atoms with van der Waals surface area (Å²) in [5.74, 6) is 0.894. The fourth-order valence-corrected chi connectivity index (χ4v) is 2.11. The van der Waals surface area contributed by atoms with Gasteiger partial charge in [-0.25, -0.2) is 9.50 Å². The van der Waals surface area contributed by atoms with Gasteiger partial charge in [0, 0.05) is 5.39 Å². The van der Waals surface area contributed by atoms with Crippen LogP contribution >= 0.6 is 0 Å². The lowest BCUT2D eigenvalue weighted by molar-refractivity contribution is 0.881. The maximum absolute atomic E-state index is 5.99. The summed E-state index contributed by atoms with van der Waals surface area (Å²) in [5.41, 5.74) is 8.17. The molecular weight excluding hydrogens is 244 g/mol. The molecule has 0 spiro atoms. The van der Waals surface area contributed by atoms with Crippen molar-refractivity contribution < 1.29 is 0 Å². The minimum atomic E-state index is 0.442. The molecule has 0 saturated heterocycles. The Morgan fingerprint density at radius 1 is 1.21 bits per heavy atom. The Morgan fingerprint density at radius 3 is 2.95 bits per heavy atom. The van der Waals surface area contributed by atoms with Crippen molar-refractivity contribution in [2.75, 3.05) is 5.73 Å². The van der Waals surface area contributed by atoms with Crippen molar-refractivity contribution >= 4 is 22.4 Å². The van der Waals surface area contributed by atoms with E-state index in [-0.39, 0.29) is 0 Å². The quantitative estimate of drug-likeness (QED) is 0.514. The van der Waals surface area contributed by atoms with Crippen molar-refractivity contribution in [3.05, 3.63) is 30.5 Å². The number of rotatable bonds is 1. The zero-order chi connectivity index (χ0) is 12.8. The summed E-state index contributed by atoms with van der Waals surface area (Å²) in [7, 11) is 0. The van der Waals surface area contributed by atoms with Crippen LogP contribution in [0.25, 0.3) is 27.9 Å². The third-order valence-corrected chi connectivity index (χ3v) is 2.96. The summed E-state index contributed by atoms with van der Waals surface area (Å²) >= 11 is 0. The molecular formula is C11H8N8. The van der Waals surface area contributed by atoms with E-state index in [1.165, 1.54) is 0 Å². The Labute approximate surface area is 106 Å². The normalized spacial score (nSPS) is 11.4. The molecule has 0 aliphatic heterocycles. The van der Waals surface area contributed by atoms with Gasteiger partial charge in [-0.1, -0.05) is 12.1 Å². The average molecular weight is 252 g/mol. The number of nitrogen functional groups attached to an aromatic ring is 1. The lowest BCUT2D eigenvalue weighted by Crippen LogP contribution is -1.99. The number of hydrogen-bond donors (Lipinski definition) is 2. The van der Waals surface area contributed by atoms with Gasteiger partial charge in [-0.3, -0.25) is 0 Å². The lowest BCUT2D eigenvalue weighted by atomic mass is 10.2. The van der Waals surface area contributed by atoms with Crippen molar-refractivity contribution in [2.45, 2.75) is 0 Å². The van der Waals surface area contributed by atoms with Crippen LogP contribution in [0.3, 0.4) is 0 Å². The second kappa shape index (κ2) is 3.48. The van der Waals surface area contributed by atoms with Crippen molar-refractivity contribution in [1.82, 2.24) is 35.2 Å². The van der Waals surface area contributed by atoms with E-state index in [0.717, 1.165) is 10.9 Å². The molecule has 0 aliphatic carbocycles. The second-order valence-corrected chi connectivity index (χ2v) is 4.04. The molecule has 0 saturated carbocycles. The third-order valence-electron chi connectivity index (χ3n) is 2.96. The predicted molar refractivity (Wildman–Crippen MR) is 68.1 cm³/mol. The van der Waals surface area contributed by atoms with Gasteiger partial charge in [0.2, 0.25) is 5.82 Å². The fourth-order valence-electron chi connectivity index (χ4n) is 2.11. The Kier molecular flexibility index (Phi) is 1.82. The molecule has 4 aromatic rings. The maximum Gasteiger partial charge on any atom is 0.210 e. The van der Waals surface area contributed by atoms with Crippen LogP contribution in [0, 0.1) is 0 Å². The van der Waals surface area contributed by atoms with Crippen molar-refractivity contribution in [3.63, 3.8) is 0 Å². The van der Waals surface area contributed by atoms with Crippen LogP contribution in [0.5, 0.6) is 0 Å². The molecule has 3 aromatic heterocycles. The number of H-pyrrole nitrogens is 1. The van der Waals surface area contributed by atoms with Gasteiger partial charge >= 0.3 is 0 Å². The Balaban J connectivity index is 2.16. The monoisotopic (exact) mass is 252 g/mol. The Hall–Kier alpha value is -3.03. The minimum Gasteiger partial charge on any atom is -0.383 e. The zero-order valence-corrected chi connectivity index (χ0v) is 9.65. The lowest BCUT2D eigenvalue weighted by Gasteiger charge is -2.04. The van der Waals surface area contributed by atoms with Gasteiger partial charge in [-0.2, -0.15) is 10.3 Å². The fraction of sp³-hybridized carbons (Fsp3) is 0. The van der Waals surface area contributed by atoms with E-state index in [9.17, 15) is 0 Å². The second-order valence-electron chi connectivity index (χ2n) is 4.04. The smallest absolute Gasteiger partial charge is 0.210 e. The SMILES string of the molecule is Nc1nc2c(-c3nn[nH]n3)cnn2c2ccccc12. The van der Waals surface area contributed by atoms with E-state index in [1.807, 2.05) is 24.3 Å². The Bertz CT molecular complexity index is 876. The molecule has 0 amide bonds. The van der Waals surface area contributed by atoms with Crippen molar-refractivity contribution in [1.29, 1.82) is 0 Å². The standard InChI is InChI=1S/C11H8N8/c12-9-6-3-1-2-4-8(6)19-11(14-9)7(5-13-19)10-15-17-18-16-10/h1-5H,(H2,12,14)(H,15,16,17,18). The van der Waals surface area contributed by atoms with Crippen LogP contribution in [0.2, 0.25) is 0 Å². The summed E-state index contributed by atoms with van der Waals surface area (Å²) in [6, 6.07) is 7.69. The van der Waals surface area contributed by atoms with Crippen LogP contribution < -0.4 is 5.73 Å². The van der Waals surface area contributed by atoms with E-state index in [0.29, 0.717) is 22.9 Å². The van der Waals surface area contributed by atoms with Crippen molar-refractivity contribution in [3.8, 4) is 11.4 Å². The number of nitrogens with one attached hydrogen (secondary N) is 1. The van der Waals surface area contributed by atoms with Gasteiger partial charge in [-0.15, -0.1) is 10.2 Å². The summed E-state index contributed by atoms with van der Waals surface area (Å²) < 4.78 is 1.72. The highest BCUT2D eigenvalue weighted by molar-refractivity contribution is 5.92. The number of aromatic nitrogens is 7. The largest absolute Gasteiger partial charge is 0.383 e. The highest BCUT2D eigenvalue weighted by atomic mass is 15.5. The molecule has 1 aromatic carbocycles. The molecule has 0 fully saturated rings. The molecule has 3 N–H and O–H groups in total. The van der Waals surface area contributed by atoms with Crippen LogP contribution in [-0.4, -0.2) is 35.2 Å². The first-order valence-electron chi connectivity index (χ1n) is 5.60. The number of fused-ring (bicyclic) bond motifs is 3. The highest BCUT2D eigenvalue weighted by Crippen LogP contribution is 2.25. The summed E-state index contributed by atoms with van der Waals surface area (Å²) in [4.78, 5) is 4.38. The van der Waals surface area contributed by atoms with Gasteiger partial charge in [0.15, 0.2) is 5.65 Å². The molecule has 19 heavy (non-hydrogen) atoms. The molecule has 4 rings (SSSR count). The molecule has 0 bridgehead atoms. The number of benzene rings is 1. The van der Waals surface area contributed by atoms with Gasteiger partial charge in [-0.05, 0) is 17.3 Å². The number of aromatic amines is 1. The first-order valence-corrected chi connectivity index (χ1v) is 5.60. The molecule has 8 nitrogen and oxygen atoms in total. The summed E-state index contributed by atoms with van der Waals surface area (Å²) in [6.45, 7) is 0. The minimum absolute atomic E-state index is 0.442. The van der Waals surface area contributed by atoms with Crippen LogP contribution in [0.15, 0.2) is 30.5 Å². The van der Waals surface area contributed by atoms with Crippen LogP contribution in [0.4, 0.5) is 5.82 Å². The molecule has 8 heteroatoms. The number of tetrazole rings is 1. The van der Waals surface area contributed by atoms with Crippen LogP contribution in [0.1, 0.15) is 0 Å². The zero-order valence-electron chi connectivity index (χ0n) is 9.65. The predicted octanol–water partition coefficient (Wildman–Crippen LogP) is 0.645. The topological polar surface area (TPSA) is 111 Å². The summed E-state index contributed by atoms with van der Waals surface area (Å²) in [5, 5.41) is 19.0. The van der Waals surface area contributed by atoms with Crippen LogP contribution in [-0.2, 0) is 0 Å². The van der Waals surface area contributed by atoms with E-state index in [4.69, 9.17) is 5.73 Å². The first kappa shape index (κ1) is 9.95. The first-order chi connectivity index (χ1) is 9.34. The molecule has 0 aliphatic rings. The summed E-state index contributed by atoms with van der Waals surface area (Å²) in [6.07, 6.45) is 1.65. The van der Waals surface area contributed by atoms with E-state index < -0.39 is 0 Å². The number of nitrogens with two attached hydrogens (primary N) is 1. The number of nitrogens with zero attached hydrogens (tertiary/aromatic N) is 6. The Morgan fingerprint density at radius 2 is 2.11 bits per heavy atom. The number of anilines is 1. The van der Waals surface area contributed by atoms with Gasteiger partial charge in [0.25, 0.3) is 0 Å². The van der Waals surface area contributed by atoms with Gasteiger partial charge in [0.05, 0.1) is 17.3 Å². The third kappa shape index (κ3) is 1.30. The van der Waals surface area contributed by atoms with Gasteiger partial charge in [0.1, 0.15) is 5.82 Å². The van der Waals surface area contributed by atoms with E-state index in [2.05, 4.69) is 30.7 Å². The number of hydrogen-bond acceptors (Lipinski definition) is 6. The van der Waals surface area contributed by atoms with Gasteiger partial charge < -0.3 is 5.73 Å².